The fourth-order valence-corrected chi connectivity index (χ4v) is 2.83. The second kappa shape index (κ2) is 6.71. The number of halogens is 1. The topological polar surface area (TPSA) is 32.3 Å². The number of benzene rings is 2. The van der Waals surface area contributed by atoms with Crippen LogP contribution in [0.2, 0.25) is 0 Å². The summed E-state index contributed by atoms with van der Waals surface area (Å²) in [7, 11) is 0. The number of carbonyl (C=O) groups excluding carboxylic acids is 1. The average molecular weight is 298 g/mol. The van der Waals surface area contributed by atoms with Gasteiger partial charge >= 0.3 is 0 Å². The van der Waals surface area contributed by atoms with Crippen molar-refractivity contribution in [1.29, 1.82) is 0 Å². The van der Waals surface area contributed by atoms with Gasteiger partial charge in [0.2, 0.25) is 0 Å². The molecule has 114 valence electrons. The van der Waals surface area contributed by atoms with Gasteiger partial charge in [-0.2, -0.15) is 0 Å². The molecule has 0 radical (unpaired) electrons. The number of likely N-dealkylation sites (tertiary alicyclic amines) is 1. The molecule has 1 N–H and O–H groups in total. The molecule has 1 fully saturated rings. The Balaban J connectivity index is 1.54. The first-order chi connectivity index (χ1) is 10.7. The lowest BCUT2D eigenvalue weighted by atomic mass is 10.2. The molecule has 0 aliphatic carbocycles. The van der Waals surface area contributed by atoms with Gasteiger partial charge in [-0.05, 0) is 30.2 Å². The Labute approximate surface area is 129 Å². The zero-order chi connectivity index (χ0) is 15.4. The van der Waals surface area contributed by atoms with E-state index in [2.05, 4.69) is 22.3 Å². The second-order valence-corrected chi connectivity index (χ2v) is 5.69. The van der Waals surface area contributed by atoms with E-state index in [0.29, 0.717) is 5.56 Å². The smallest absolute Gasteiger partial charge is 0.251 e. The van der Waals surface area contributed by atoms with E-state index in [1.54, 1.807) is 12.1 Å². The SMILES string of the molecule is O=C(NC1CCN(Cc2ccccc2)C1)c1cccc(F)c1. The van der Waals surface area contributed by atoms with Gasteiger partial charge in [-0.15, -0.1) is 0 Å². The van der Waals surface area contributed by atoms with Crippen molar-refractivity contribution in [2.75, 3.05) is 13.1 Å². The van der Waals surface area contributed by atoms with Crippen LogP contribution in [0.5, 0.6) is 0 Å². The van der Waals surface area contributed by atoms with E-state index in [9.17, 15) is 9.18 Å². The van der Waals surface area contributed by atoms with E-state index < -0.39 is 0 Å². The van der Waals surface area contributed by atoms with E-state index in [4.69, 9.17) is 0 Å². The number of carbonyl (C=O) groups is 1. The third-order valence-corrected chi connectivity index (χ3v) is 3.94. The molecule has 1 amide bonds. The highest BCUT2D eigenvalue weighted by Gasteiger charge is 2.24. The summed E-state index contributed by atoms with van der Waals surface area (Å²) >= 11 is 0. The number of nitrogens with zero attached hydrogens (tertiary/aromatic N) is 1. The molecule has 0 saturated carbocycles. The van der Waals surface area contributed by atoms with Gasteiger partial charge in [-0.25, -0.2) is 4.39 Å². The largest absolute Gasteiger partial charge is 0.348 e. The first-order valence-electron chi connectivity index (χ1n) is 7.53. The van der Waals surface area contributed by atoms with Crippen LogP contribution < -0.4 is 5.32 Å². The minimum atomic E-state index is -0.384. The summed E-state index contributed by atoms with van der Waals surface area (Å²) in [5, 5.41) is 2.99. The molecule has 3 rings (SSSR count). The lowest BCUT2D eigenvalue weighted by molar-refractivity contribution is 0.0937. The van der Waals surface area contributed by atoms with E-state index >= 15 is 0 Å². The van der Waals surface area contributed by atoms with Crippen LogP contribution in [0.15, 0.2) is 54.6 Å². The maximum absolute atomic E-state index is 13.2. The van der Waals surface area contributed by atoms with Crippen molar-refractivity contribution >= 4 is 5.91 Å². The van der Waals surface area contributed by atoms with Gasteiger partial charge in [0, 0.05) is 31.2 Å². The minimum absolute atomic E-state index is 0.125. The van der Waals surface area contributed by atoms with Gasteiger partial charge < -0.3 is 5.32 Å². The van der Waals surface area contributed by atoms with Gasteiger partial charge in [-0.3, -0.25) is 9.69 Å². The van der Waals surface area contributed by atoms with E-state index in [-0.39, 0.29) is 17.8 Å². The van der Waals surface area contributed by atoms with Gasteiger partial charge in [0.25, 0.3) is 5.91 Å². The van der Waals surface area contributed by atoms with Crippen molar-refractivity contribution in [3.05, 3.63) is 71.5 Å². The molecule has 22 heavy (non-hydrogen) atoms. The zero-order valence-electron chi connectivity index (χ0n) is 12.3. The van der Waals surface area contributed by atoms with Crippen LogP contribution in [0.4, 0.5) is 4.39 Å². The van der Waals surface area contributed by atoms with Crippen LogP contribution in [-0.4, -0.2) is 29.9 Å². The molecule has 1 aliphatic heterocycles. The maximum Gasteiger partial charge on any atom is 0.251 e. The molecular weight excluding hydrogens is 279 g/mol. The van der Waals surface area contributed by atoms with Gasteiger partial charge in [0.1, 0.15) is 5.82 Å². The van der Waals surface area contributed by atoms with Crippen molar-refractivity contribution in [1.82, 2.24) is 10.2 Å². The normalized spacial score (nSPS) is 18.3. The highest BCUT2D eigenvalue weighted by Crippen LogP contribution is 2.14. The van der Waals surface area contributed by atoms with E-state index in [1.165, 1.54) is 17.7 Å². The van der Waals surface area contributed by atoms with Crippen LogP contribution >= 0.6 is 0 Å². The standard InChI is InChI=1S/C18H19FN2O/c19-16-8-4-7-15(11-16)18(22)20-17-9-10-21(13-17)12-14-5-2-1-3-6-14/h1-8,11,17H,9-10,12-13H2,(H,20,22). The Bertz CT molecular complexity index is 645. The molecule has 0 bridgehead atoms. The van der Waals surface area contributed by atoms with Crippen molar-refractivity contribution in [2.45, 2.75) is 19.0 Å². The summed E-state index contributed by atoms with van der Waals surface area (Å²) in [6, 6.07) is 16.2. The molecule has 1 saturated heterocycles. The van der Waals surface area contributed by atoms with Crippen molar-refractivity contribution < 1.29 is 9.18 Å². The Kier molecular flexibility index (Phi) is 4.49. The highest BCUT2D eigenvalue weighted by atomic mass is 19.1. The third kappa shape index (κ3) is 3.71. The Hall–Kier alpha value is -2.20. The number of hydrogen-bond acceptors (Lipinski definition) is 2. The monoisotopic (exact) mass is 298 g/mol. The molecule has 1 heterocycles. The third-order valence-electron chi connectivity index (χ3n) is 3.94. The predicted octanol–water partition coefficient (Wildman–Crippen LogP) is 2.83. The summed E-state index contributed by atoms with van der Waals surface area (Å²) in [6.45, 7) is 2.69. The molecule has 2 aromatic carbocycles. The second-order valence-electron chi connectivity index (χ2n) is 5.69. The summed E-state index contributed by atoms with van der Waals surface area (Å²) in [5.74, 6) is -0.587. The Morgan fingerprint density at radius 3 is 2.77 bits per heavy atom. The van der Waals surface area contributed by atoms with Crippen molar-refractivity contribution in [3.63, 3.8) is 0 Å². The van der Waals surface area contributed by atoms with Gasteiger partial charge in [0.05, 0.1) is 0 Å². The summed E-state index contributed by atoms with van der Waals surface area (Å²) < 4.78 is 13.2. The lowest BCUT2D eigenvalue weighted by Crippen LogP contribution is -2.37. The van der Waals surface area contributed by atoms with Crippen LogP contribution in [0.25, 0.3) is 0 Å². The summed E-state index contributed by atoms with van der Waals surface area (Å²) in [4.78, 5) is 14.4. The first-order valence-corrected chi connectivity index (χ1v) is 7.53. The lowest BCUT2D eigenvalue weighted by Gasteiger charge is -2.16. The van der Waals surface area contributed by atoms with Crippen molar-refractivity contribution in [3.8, 4) is 0 Å². The summed E-state index contributed by atoms with van der Waals surface area (Å²) in [6.07, 6.45) is 0.924. The Morgan fingerprint density at radius 2 is 2.00 bits per heavy atom. The number of nitrogens with one attached hydrogen (secondary N) is 1. The molecule has 2 aromatic rings. The van der Waals surface area contributed by atoms with Crippen LogP contribution in [0.3, 0.4) is 0 Å². The number of rotatable bonds is 4. The molecule has 0 spiro atoms. The fourth-order valence-electron chi connectivity index (χ4n) is 2.83. The average Bonchev–Trinajstić information content (AvgIpc) is 2.95. The summed E-state index contributed by atoms with van der Waals surface area (Å²) in [5.41, 5.74) is 1.65. The maximum atomic E-state index is 13.2. The quantitative estimate of drug-likeness (QED) is 0.941. The molecular formula is C18H19FN2O. The molecule has 1 unspecified atom stereocenters. The minimum Gasteiger partial charge on any atom is -0.348 e. The molecule has 0 aromatic heterocycles. The van der Waals surface area contributed by atoms with Gasteiger partial charge in [-0.1, -0.05) is 36.4 Å². The molecule has 4 heteroatoms. The molecule has 1 aliphatic rings. The molecule has 3 nitrogen and oxygen atoms in total. The van der Waals surface area contributed by atoms with E-state index in [1.807, 2.05) is 18.2 Å². The van der Waals surface area contributed by atoms with Crippen LogP contribution in [0, 0.1) is 5.82 Å². The van der Waals surface area contributed by atoms with Crippen LogP contribution in [0.1, 0.15) is 22.3 Å². The number of amides is 1. The predicted molar refractivity (Wildman–Crippen MR) is 84.0 cm³/mol. The highest BCUT2D eigenvalue weighted by molar-refractivity contribution is 5.94. The van der Waals surface area contributed by atoms with Crippen LogP contribution in [-0.2, 0) is 6.54 Å². The molecule has 1 atom stereocenters. The first kappa shape index (κ1) is 14.7. The zero-order valence-corrected chi connectivity index (χ0v) is 12.3. The van der Waals surface area contributed by atoms with Gasteiger partial charge in [0.15, 0.2) is 0 Å². The van der Waals surface area contributed by atoms with Crippen molar-refractivity contribution in [2.24, 2.45) is 0 Å². The Morgan fingerprint density at radius 1 is 1.18 bits per heavy atom. The van der Waals surface area contributed by atoms with E-state index in [0.717, 1.165) is 26.1 Å². The number of hydrogen-bond donors (Lipinski definition) is 1. The fraction of sp³-hybridized carbons (Fsp3) is 0.278.